The van der Waals surface area contributed by atoms with Gasteiger partial charge < -0.3 is 14.6 Å². The second-order valence-electron chi connectivity index (χ2n) is 5.86. The van der Waals surface area contributed by atoms with Crippen LogP contribution in [0.3, 0.4) is 0 Å². The van der Waals surface area contributed by atoms with E-state index in [1.54, 1.807) is 0 Å². The predicted molar refractivity (Wildman–Crippen MR) is 84.5 cm³/mol. The molecule has 1 aromatic rings. The van der Waals surface area contributed by atoms with Crippen LogP contribution in [0.4, 0.5) is 0 Å². The van der Waals surface area contributed by atoms with E-state index in [2.05, 4.69) is 13.0 Å². The fraction of sp³-hybridized carbons (Fsp3) is 0.611. The smallest absolute Gasteiger partial charge is 0.161 e. The van der Waals surface area contributed by atoms with Gasteiger partial charge in [-0.05, 0) is 30.9 Å². The average molecular weight is 303 g/mol. The van der Waals surface area contributed by atoms with E-state index in [1.807, 2.05) is 31.2 Å². The summed E-state index contributed by atoms with van der Waals surface area (Å²) in [5.41, 5.74) is 1.54. The Labute approximate surface area is 132 Å². The highest BCUT2D eigenvalue weighted by molar-refractivity contribution is 5.36. The minimum Gasteiger partial charge on any atom is -0.379 e. The summed E-state index contributed by atoms with van der Waals surface area (Å²) in [7, 11) is 0. The van der Waals surface area contributed by atoms with Crippen molar-refractivity contribution in [2.45, 2.75) is 50.7 Å². The molecule has 0 bridgehead atoms. The van der Waals surface area contributed by atoms with Gasteiger partial charge in [0.15, 0.2) is 6.29 Å². The molecular weight excluding hydrogens is 278 g/mol. The van der Waals surface area contributed by atoms with Crippen molar-refractivity contribution in [1.29, 1.82) is 5.26 Å². The van der Waals surface area contributed by atoms with E-state index >= 15 is 0 Å². The van der Waals surface area contributed by atoms with E-state index in [9.17, 15) is 10.4 Å². The van der Waals surface area contributed by atoms with Crippen molar-refractivity contribution in [3.05, 3.63) is 35.4 Å². The SMILES string of the molecule is CCCC(c1ccc(C2(C#N)CCOC2)cc1)C(O)OCC. The van der Waals surface area contributed by atoms with Crippen LogP contribution in [0.1, 0.15) is 50.2 Å². The number of rotatable bonds is 7. The summed E-state index contributed by atoms with van der Waals surface area (Å²) in [5, 5.41) is 19.7. The van der Waals surface area contributed by atoms with E-state index < -0.39 is 11.7 Å². The zero-order valence-corrected chi connectivity index (χ0v) is 13.4. The summed E-state index contributed by atoms with van der Waals surface area (Å²) in [5.74, 6) is -0.0307. The van der Waals surface area contributed by atoms with Crippen molar-refractivity contribution in [3.63, 3.8) is 0 Å². The minimum absolute atomic E-state index is 0.0307. The lowest BCUT2D eigenvalue weighted by Gasteiger charge is -2.24. The average Bonchev–Trinajstić information content (AvgIpc) is 3.03. The van der Waals surface area contributed by atoms with Gasteiger partial charge in [-0.1, -0.05) is 37.6 Å². The van der Waals surface area contributed by atoms with Gasteiger partial charge in [0.2, 0.25) is 0 Å². The van der Waals surface area contributed by atoms with Gasteiger partial charge in [0.1, 0.15) is 5.41 Å². The van der Waals surface area contributed by atoms with Crippen LogP contribution in [0.2, 0.25) is 0 Å². The lowest BCUT2D eigenvalue weighted by atomic mass is 9.80. The molecule has 1 aliphatic heterocycles. The number of hydrogen-bond donors (Lipinski definition) is 1. The molecule has 0 aromatic heterocycles. The lowest BCUT2D eigenvalue weighted by Crippen LogP contribution is -2.25. The van der Waals surface area contributed by atoms with Crippen LogP contribution < -0.4 is 0 Å². The summed E-state index contributed by atoms with van der Waals surface area (Å²) >= 11 is 0. The molecule has 3 atom stereocenters. The summed E-state index contributed by atoms with van der Waals surface area (Å²) in [6, 6.07) is 10.4. The van der Waals surface area contributed by atoms with Gasteiger partial charge in [-0.2, -0.15) is 5.26 Å². The number of hydrogen-bond acceptors (Lipinski definition) is 4. The maximum absolute atomic E-state index is 10.2. The Balaban J connectivity index is 2.21. The third-order valence-corrected chi connectivity index (χ3v) is 4.41. The van der Waals surface area contributed by atoms with Crippen molar-refractivity contribution < 1.29 is 14.6 Å². The Bertz CT molecular complexity index is 500. The number of aliphatic hydroxyl groups excluding tert-OH is 1. The highest BCUT2D eigenvalue weighted by Crippen LogP contribution is 2.34. The Kier molecular flexibility index (Phi) is 5.96. The predicted octanol–water partition coefficient (Wildman–Crippen LogP) is 3.11. The Morgan fingerprint density at radius 2 is 2.09 bits per heavy atom. The summed E-state index contributed by atoms with van der Waals surface area (Å²) in [4.78, 5) is 0. The molecule has 1 N–H and O–H groups in total. The quantitative estimate of drug-likeness (QED) is 0.786. The summed E-state index contributed by atoms with van der Waals surface area (Å²) in [6.07, 6.45) is 1.80. The van der Waals surface area contributed by atoms with E-state index in [1.165, 1.54) is 0 Å². The Hall–Kier alpha value is -1.41. The molecular formula is C18H25NO3. The van der Waals surface area contributed by atoms with Gasteiger partial charge in [-0.3, -0.25) is 0 Å². The van der Waals surface area contributed by atoms with Crippen LogP contribution in [0.15, 0.2) is 24.3 Å². The molecule has 1 fully saturated rings. The first-order chi connectivity index (χ1) is 10.7. The minimum atomic E-state index is -0.782. The van der Waals surface area contributed by atoms with E-state index in [0.29, 0.717) is 19.8 Å². The summed E-state index contributed by atoms with van der Waals surface area (Å²) in [6.45, 7) is 5.57. The lowest BCUT2D eigenvalue weighted by molar-refractivity contribution is -0.112. The first-order valence-electron chi connectivity index (χ1n) is 8.06. The van der Waals surface area contributed by atoms with Gasteiger partial charge >= 0.3 is 0 Å². The number of benzene rings is 1. The Morgan fingerprint density at radius 3 is 2.59 bits per heavy atom. The fourth-order valence-corrected chi connectivity index (χ4v) is 3.07. The number of ether oxygens (including phenoxy) is 2. The topological polar surface area (TPSA) is 62.5 Å². The molecule has 0 aliphatic carbocycles. The number of nitrogens with zero attached hydrogens (tertiary/aromatic N) is 1. The van der Waals surface area contributed by atoms with Crippen LogP contribution in [0, 0.1) is 11.3 Å². The molecule has 120 valence electrons. The molecule has 1 aromatic carbocycles. The van der Waals surface area contributed by atoms with Gasteiger partial charge in [0.25, 0.3) is 0 Å². The van der Waals surface area contributed by atoms with Gasteiger partial charge in [-0.25, -0.2) is 0 Å². The second kappa shape index (κ2) is 7.73. The molecule has 4 heteroatoms. The second-order valence-corrected chi connectivity index (χ2v) is 5.86. The first kappa shape index (κ1) is 17.0. The number of aliphatic hydroxyl groups is 1. The Morgan fingerprint density at radius 1 is 1.36 bits per heavy atom. The van der Waals surface area contributed by atoms with Crippen molar-refractivity contribution in [3.8, 4) is 6.07 Å². The zero-order chi connectivity index (χ0) is 16.0. The van der Waals surface area contributed by atoms with Crippen LogP contribution in [-0.2, 0) is 14.9 Å². The molecule has 1 heterocycles. The molecule has 4 nitrogen and oxygen atoms in total. The number of nitriles is 1. The highest BCUT2D eigenvalue weighted by atomic mass is 16.6. The maximum atomic E-state index is 10.2. The third-order valence-electron chi connectivity index (χ3n) is 4.41. The van der Waals surface area contributed by atoms with Crippen LogP contribution >= 0.6 is 0 Å². The fourth-order valence-electron chi connectivity index (χ4n) is 3.07. The van der Waals surface area contributed by atoms with Gasteiger partial charge in [0, 0.05) is 19.1 Å². The molecule has 0 amide bonds. The van der Waals surface area contributed by atoms with E-state index in [0.717, 1.165) is 30.4 Å². The first-order valence-corrected chi connectivity index (χ1v) is 8.06. The monoisotopic (exact) mass is 303 g/mol. The molecule has 2 rings (SSSR count). The van der Waals surface area contributed by atoms with Crippen molar-refractivity contribution in [1.82, 2.24) is 0 Å². The van der Waals surface area contributed by atoms with Crippen molar-refractivity contribution in [2.24, 2.45) is 0 Å². The molecule has 1 saturated heterocycles. The van der Waals surface area contributed by atoms with Crippen LogP contribution in [0.5, 0.6) is 0 Å². The molecule has 0 radical (unpaired) electrons. The largest absolute Gasteiger partial charge is 0.379 e. The van der Waals surface area contributed by atoms with Crippen LogP contribution in [-0.4, -0.2) is 31.2 Å². The summed E-state index contributed by atoms with van der Waals surface area (Å²) < 4.78 is 10.8. The maximum Gasteiger partial charge on any atom is 0.161 e. The van der Waals surface area contributed by atoms with Crippen molar-refractivity contribution in [2.75, 3.05) is 19.8 Å². The van der Waals surface area contributed by atoms with E-state index in [4.69, 9.17) is 9.47 Å². The third kappa shape index (κ3) is 3.49. The standard InChI is InChI=1S/C18H25NO3/c1-3-5-16(17(20)22-4-2)14-6-8-15(9-7-14)18(12-19)10-11-21-13-18/h6-9,16-17,20H,3-5,10-11,13H2,1-2H3. The molecule has 1 aliphatic rings. The zero-order valence-electron chi connectivity index (χ0n) is 13.4. The van der Waals surface area contributed by atoms with Crippen LogP contribution in [0.25, 0.3) is 0 Å². The highest BCUT2D eigenvalue weighted by Gasteiger charge is 2.37. The van der Waals surface area contributed by atoms with E-state index in [-0.39, 0.29) is 5.92 Å². The van der Waals surface area contributed by atoms with Crippen molar-refractivity contribution >= 4 is 0 Å². The molecule has 3 unspecified atom stereocenters. The normalized spacial score (nSPS) is 23.9. The molecule has 22 heavy (non-hydrogen) atoms. The van der Waals surface area contributed by atoms with Gasteiger partial charge in [0.05, 0.1) is 12.7 Å². The van der Waals surface area contributed by atoms with Gasteiger partial charge in [-0.15, -0.1) is 0 Å². The molecule has 0 saturated carbocycles. The molecule has 0 spiro atoms.